The first-order chi connectivity index (χ1) is 13.3. The van der Waals surface area contributed by atoms with Crippen LogP contribution in [0.3, 0.4) is 0 Å². The van der Waals surface area contributed by atoms with Crippen LogP contribution in [0.4, 0.5) is 5.69 Å². The Morgan fingerprint density at radius 2 is 1.46 bits per heavy atom. The van der Waals surface area contributed by atoms with E-state index in [0.717, 1.165) is 23.2 Å². The summed E-state index contributed by atoms with van der Waals surface area (Å²) in [6.45, 7) is 10.1. The van der Waals surface area contributed by atoms with Gasteiger partial charge in [-0.25, -0.2) is 0 Å². The summed E-state index contributed by atoms with van der Waals surface area (Å²) < 4.78 is 0. The second-order valence-electron chi connectivity index (χ2n) is 7.82. The molecular formula is C24H32N2O2. The van der Waals surface area contributed by atoms with Crippen LogP contribution in [0, 0.1) is 5.92 Å². The Morgan fingerprint density at radius 3 is 1.96 bits per heavy atom. The third kappa shape index (κ3) is 6.22. The number of carbonyl (C=O) groups is 2. The van der Waals surface area contributed by atoms with Gasteiger partial charge in [-0.05, 0) is 47.1 Å². The molecule has 4 nitrogen and oxygen atoms in total. The number of hydrogen-bond acceptors (Lipinski definition) is 2. The molecule has 2 aromatic carbocycles. The molecule has 2 rings (SSSR count). The summed E-state index contributed by atoms with van der Waals surface area (Å²) in [7, 11) is 0. The van der Waals surface area contributed by atoms with E-state index in [9.17, 15) is 9.59 Å². The van der Waals surface area contributed by atoms with Gasteiger partial charge in [0.2, 0.25) is 11.8 Å². The fourth-order valence-electron chi connectivity index (χ4n) is 3.22. The smallest absolute Gasteiger partial charge is 0.224 e. The van der Waals surface area contributed by atoms with Crippen molar-refractivity contribution in [3.63, 3.8) is 0 Å². The number of carbonyl (C=O) groups excluding carboxylic acids is 2. The molecule has 28 heavy (non-hydrogen) atoms. The minimum Gasteiger partial charge on any atom is -0.349 e. The van der Waals surface area contributed by atoms with Crippen LogP contribution < -0.4 is 10.6 Å². The molecule has 2 N–H and O–H groups in total. The topological polar surface area (TPSA) is 58.2 Å². The van der Waals surface area contributed by atoms with E-state index >= 15 is 0 Å². The van der Waals surface area contributed by atoms with Crippen LogP contribution in [0.15, 0.2) is 48.5 Å². The number of hydrogen-bond donors (Lipinski definition) is 2. The Labute approximate surface area is 168 Å². The predicted molar refractivity (Wildman–Crippen MR) is 115 cm³/mol. The monoisotopic (exact) mass is 380 g/mol. The highest BCUT2D eigenvalue weighted by atomic mass is 16.2. The lowest BCUT2D eigenvalue weighted by molar-refractivity contribution is -0.121. The van der Waals surface area contributed by atoms with E-state index in [1.807, 2.05) is 24.3 Å². The molecule has 0 spiro atoms. The molecule has 0 heterocycles. The highest BCUT2D eigenvalue weighted by molar-refractivity contribution is 5.88. The number of benzene rings is 2. The Hall–Kier alpha value is -2.62. The zero-order valence-corrected chi connectivity index (χ0v) is 17.6. The molecule has 0 aliphatic heterocycles. The minimum absolute atomic E-state index is 0.00280. The lowest BCUT2D eigenvalue weighted by atomic mass is 9.92. The van der Waals surface area contributed by atoms with Crippen molar-refractivity contribution >= 4 is 17.5 Å². The lowest BCUT2D eigenvalue weighted by Gasteiger charge is -2.24. The van der Waals surface area contributed by atoms with Gasteiger partial charge in [0, 0.05) is 12.6 Å². The Balaban J connectivity index is 2.03. The first kappa shape index (κ1) is 21.7. The molecule has 0 radical (unpaired) electrons. The number of nitrogens with one attached hydrogen (secondary N) is 2. The molecule has 4 heteroatoms. The summed E-state index contributed by atoms with van der Waals surface area (Å²) in [5.74, 6) is 0.726. The first-order valence-electron chi connectivity index (χ1n) is 10.1. The lowest BCUT2D eigenvalue weighted by Crippen LogP contribution is -2.32. The van der Waals surface area contributed by atoms with E-state index in [0.29, 0.717) is 18.3 Å². The van der Waals surface area contributed by atoms with Crippen LogP contribution in [0.1, 0.15) is 69.7 Å². The van der Waals surface area contributed by atoms with Gasteiger partial charge in [-0.3, -0.25) is 9.59 Å². The molecule has 0 aliphatic carbocycles. The molecule has 150 valence electrons. The highest BCUT2D eigenvalue weighted by Gasteiger charge is 2.19. The van der Waals surface area contributed by atoms with Gasteiger partial charge in [0.15, 0.2) is 0 Å². The van der Waals surface area contributed by atoms with E-state index in [2.05, 4.69) is 62.6 Å². The second kappa shape index (κ2) is 10.1. The molecule has 0 unspecified atom stereocenters. The number of amides is 2. The quantitative estimate of drug-likeness (QED) is 0.660. The second-order valence-corrected chi connectivity index (χ2v) is 7.82. The van der Waals surface area contributed by atoms with Crippen molar-refractivity contribution in [1.82, 2.24) is 5.32 Å². The van der Waals surface area contributed by atoms with Crippen molar-refractivity contribution in [2.75, 3.05) is 5.32 Å². The van der Waals surface area contributed by atoms with Crippen molar-refractivity contribution < 1.29 is 9.59 Å². The molecule has 0 aromatic heterocycles. The maximum atomic E-state index is 12.6. The van der Waals surface area contributed by atoms with Crippen LogP contribution in [0.25, 0.3) is 0 Å². The van der Waals surface area contributed by atoms with E-state index in [4.69, 9.17) is 0 Å². The average Bonchev–Trinajstić information content (AvgIpc) is 2.66. The van der Waals surface area contributed by atoms with Gasteiger partial charge < -0.3 is 10.6 Å². The first-order valence-corrected chi connectivity index (χ1v) is 10.1. The molecule has 0 saturated carbocycles. The van der Waals surface area contributed by atoms with E-state index in [-0.39, 0.29) is 17.9 Å². The summed E-state index contributed by atoms with van der Waals surface area (Å²) in [5.41, 5.74) is 4.12. The normalized spacial score (nSPS) is 13.1. The molecule has 2 amide bonds. The van der Waals surface area contributed by atoms with Gasteiger partial charge in [-0.15, -0.1) is 0 Å². The van der Waals surface area contributed by atoms with Crippen LogP contribution in [-0.2, 0) is 16.0 Å². The number of anilines is 1. The molecular weight excluding hydrogens is 348 g/mol. The minimum atomic E-state index is -0.107. The summed E-state index contributed by atoms with van der Waals surface area (Å²) >= 11 is 0. The summed E-state index contributed by atoms with van der Waals surface area (Å²) in [4.78, 5) is 23.7. The fraction of sp³-hybridized carbons (Fsp3) is 0.417. The van der Waals surface area contributed by atoms with Crippen LogP contribution in [0.2, 0.25) is 0 Å². The molecule has 2 aromatic rings. The van der Waals surface area contributed by atoms with Crippen LogP contribution in [0.5, 0.6) is 0 Å². The third-order valence-electron chi connectivity index (χ3n) is 5.10. The standard InChI is InChI=1S/C24H32N2O2/c1-6-17(4)20-9-11-21(12-10-20)24(16(2)3)26-23(28)15-19-7-13-22(14-8-19)25-18(5)27/h7-14,16-17,24H,6,15H2,1-5H3,(H,25,27)(H,26,28)/t17-,24-/m0/s1. The van der Waals surface area contributed by atoms with Gasteiger partial charge in [0.1, 0.15) is 0 Å². The van der Waals surface area contributed by atoms with Crippen LogP contribution in [-0.4, -0.2) is 11.8 Å². The van der Waals surface area contributed by atoms with E-state index in [1.54, 1.807) is 0 Å². The van der Waals surface area contributed by atoms with Crippen molar-refractivity contribution in [3.05, 3.63) is 65.2 Å². The van der Waals surface area contributed by atoms with Crippen LogP contribution >= 0.6 is 0 Å². The van der Waals surface area contributed by atoms with Gasteiger partial charge in [-0.2, -0.15) is 0 Å². The highest BCUT2D eigenvalue weighted by Crippen LogP contribution is 2.25. The van der Waals surface area contributed by atoms with E-state index < -0.39 is 0 Å². The Bertz CT molecular complexity index is 779. The van der Waals surface area contributed by atoms with Gasteiger partial charge in [-0.1, -0.05) is 64.1 Å². The van der Waals surface area contributed by atoms with Crippen molar-refractivity contribution in [1.29, 1.82) is 0 Å². The molecule has 0 aliphatic rings. The summed E-state index contributed by atoms with van der Waals surface area (Å²) in [5, 5.41) is 5.91. The van der Waals surface area contributed by atoms with Crippen molar-refractivity contribution in [2.24, 2.45) is 5.92 Å². The fourth-order valence-corrected chi connectivity index (χ4v) is 3.22. The SMILES string of the molecule is CC[C@H](C)c1ccc([C@@H](NC(=O)Cc2ccc(NC(C)=O)cc2)C(C)C)cc1. The summed E-state index contributed by atoms with van der Waals surface area (Å²) in [6, 6.07) is 16.0. The van der Waals surface area contributed by atoms with E-state index in [1.165, 1.54) is 12.5 Å². The maximum Gasteiger partial charge on any atom is 0.224 e. The third-order valence-corrected chi connectivity index (χ3v) is 5.10. The maximum absolute atomic E-state index is 12.6. The summed E-state index contributed by atoms with van der Waals surface area (Å²) in [6.07, 6.45) is 1.43. The molecule has 0 fully saturated rings. The van der Waals surface area contributed by atoms with Gasteiger partial charge in [0.05, 0.1) is 12.5 Å². The van der Waals surface area contributed by atoms with Gasteiger partial charge in [0.25, 0.3) is 0 Å². The molecule has 0 saturated heterocycles. The largest absolute Gasteiger partial charge is 0.349 e. The Morgan fingerprint density at radius 1 is 0.893 bits per heavy atom. The predicted octanol–water partition coefficient (Wildman–Crippen LogP) is 5.21. The van der Waals surface area contributed by atoms with Crippen molar-refractivity contribution in [3.8, 4) is 0 Å². The van der Waals surface area contributed by atoms with Crippen molar-refractivity contribution in [2.45, 2.75) is 59.4 Å². The number of rotatable bonds is 8. The average molecular weight is 381 g/mol. The zero-order valence-electron chi connectivity index (χ0n) is 17.6. The Kier molecular flexibility index (Phi) is 7.80. The van der Waals surface area contributed by atoms with Gasteiger partial charge >= 0.3 is 0 Å². The molecule has 2 atom stereocenters. The zero-order chi connectivity index (χ0) is 20.7. The molecule has 0 bridgehead atoms.